The van der Waals surface area contributed by atoms with Crippen LogP contribution in [-0.4, -0.2) is 40.5 Å². The number of fused-ring (bicyclic) bond motifs is 1. The standard InChI is InChI=1S/C17H17N5O4/c1-21(2)16(24)20-9-12-7-10(5-6-19-12)15(23)22-13-4-3-11(18)8-14(13)26-17(22)25/h3-8H,9,18H2,1-2H3,(H,20,24). The number of anilines is 1. The van der Waals surface area contributed by atoms with Crippen molar-refractivity contribution in [2.24, 2.45) is 0 Å². The van der Waals surface area contributed by atoms with E-state index in [0.717, 1.165) is 4.57 Å². The summed E-state index contributed by atoms with van der Waals surface area (Å²) in [5.41, 5.74) is 7.38. The Hall–Kier alpha value is -3.62. The zero-order valence-corrected chi connectivity index (χ0v) is 14.2. The molecule has 3 rings (SSSR count). The number of nitrogens with zero attached hydrogens (tertiary/aromatic N) is 3. The quantitative estimate of drug-likeness (QED) is 0.676. The van der Waals surface area contributed by atoms with Crippen molar-refractivity contribution in [2.75, 3.05) is 19.8 Å². The molecule has 2 heterocycles. The third-order valence-corrected chi connectivity index (χ3v) is 3.70. The van der Waals surface area contributed by atoms with Crippen LogP contribution < -0.4 is 16.8 Å². The van der Waals surface area contributed by atoms with Crippen molar-refractivity contribution in [2.45, 2.75) is 6.54 Å². The smallest absolute Gasteiger partial charge is 0.407 e. The van der Waals surface area contributed by atoms with Gasteiger partial charge in [-0.05, 0) is 24.3 Å². The van der Waals surface area contributed by atoms with Gasteiger partial charge in [0.25, 0.3) is 5.91 Å². The van der Waals surface area contributed by atoms with Crippen molar-refractivity contribution in [3.8, 4) is 0 Å². The van der Waals surface area contributed by atoms with Crippen LogP contribution in [-0.2, 0) is 6.54 Å². The van der Waals surface area contributed by atoms with Gasteiger partial charge < -0.3 is 20.4 Å². The molecule has 9 nitrogen and oxygen atoms in total. The van der Waals surface area contributed by atoms with Gasteiger partial charge in [0.1, 0.15) is 0 Å². The first-order chi connectivity index (χ1) is 12.4. The lowest BCUT2D eigenvalue weighted by Gasteiger charge is -2.11. The molecule has 0 aliphatic carbocycles. The molecule has 0 saturated carbocycles. The number of benzene rings is 1. The van der Waals surface area contributed by atoms with Crippen LogP contribution in [0.5, 0.6) is 0 Å². The maximum atomic E-state index is 12.8. The van der Waals surface area contributed by atoms with E-state index in [0.29, 0.717) is 16.9 Å². The van der Waals surface area contributed by atoms with Gasteiger partial charge >= 0.3 is 11.8 Å². The third-order valence-electron chi connectivity index (χ3n) is 3.70. The van der Waals surface area contributed by atoms with Gasteiger partial charge in [-0.15, -0.1) is 0 Å². The summed E-state index contributed by atoms with van der Waals surface area (Å²) in [7, 11) is 3.23. The van der Waals surface area contributed by atoms with Crippen molar-refractivity contribution in [1.29, 1.82) is 0 Å². The van der Waals surface area contributed by atoms with E-state index in [4.69, 9.17) is 10.2 Å². The second-order valence-corrected chi connectivity index (χ2v) is 5.82. The Morgan fingerprint density at radius 1 is 1.27 bits per heavy atom. The Labute approximate surface area is 148 Å². The van der Waals surface area contributed by atoms with Gasteiger partial charge in [0.05, 0.1) is 17.8 Å². The molecule has 1 aromatic carbocycles. The lowest BCUT2D eigenvalue weighted by atomic mass is 10.2. The Morgan fingerprint density at radius 3 is 2.77 bits per heavy atom. The number of carbonyl (C=O) groups is 2. The fraction of sp³-hybridized carbons (Fsp3) is 0.176. The monoisotopic (exact) mass is 355 g/mol. The molecule has 0 aliphatic heterocycles. The number of nitrogens with two attached hydrogens (primary N) is 1. The van der Waals surface area contributed by atoms with Crippen LogP contribution in [0.2, 0.25) is 0 Å². The van der Waals surface area contributed by atoms with E-state index in [1.54, 1.807) is 26.2 Å². The molecule has 0 saturated heterocycles. The molecule has 3 aromatic rings. The molecule has 2 amide bonds. The summed E-state index contributed by atoms with van der Waals surface area (Å²) in [6, 6.07) is 7.33. The molecule has 0 radical (unpaired) electrons. The summed E-state index contributed by atoms with van der Waals surface area (Å²) in [6.07, 6.45) is 1.44. The van der Waals surface area contributed by atoms with E-state index in [1.165, 1.54) is 29.3 Å². The van der Waals surface area contributed by atoms with E-state index in [9.17, 15) is 14.4 Å². The topological polar surface area (TPSA) is 123 Å². The summed E-state index contributed by atoms with van der Waals surface area (Å²) >= 11 is 0. The number of urea groups is 1. The van der Waals surface area contributed by atoms with Crippen molar-refractivity contribution in [3.05, 3.63) is 58.3 Å². The van der Waals surface area contributed by atoms with Crippen LogP contribution in [0.4, 0.5) is 10.5 Å². The Kier molecular flexibility index (Phi) is 4.44. The number of nitrogens with one attached hydrogen (secondary N) is 1. The van der Waals surface area contributed by atoms with E-state index in [2.05, 4.69) is 10.3 Å². The normalized spacial score (nSPS) is 10.7. The van der Waals surface area contributed by atoms with Crippen molar-refractivity contribution >= 4 is 28.7 Å². The molecule has 0 bridgehead atoms. The minimum Gasteiger partial charge on any atom is -0.407 e. The average Bonchev–Trinajstić information content (AvgIpc) is 2.93. The molecule has 0 fully saturated rings. The first-order valence-electron chi connectivity index (χ1n) is 7.72. The largest absolute Gasteiger partial charge is 0.427 e. The summed E-state index contributed by atoms with van der Waals surface area (Å²) in [4.78, 5) is 42.0. The van der Waals surface area contributed by atoms with Gasteiger partial charge in [-0.1, -0.05) is 0 Å². The fourth-order valence-electron chi connectivity index (χ4n) is 2.39. The molecule has 9 heteroatoms. The Morgan fingerprint density at radius 2 is 2.04 bits per heavy atom. The maximum absolute atomic E-state index is 12.8. The van der Waals surface area contributed by atoms with E-state index in [-0.39, 0.29) is 23.7 Å². The highest BCUT2D eigenvalue weighted by molar-refractivity contribution is 6.00. The zero-order chi connectivity index (χ0) is 18.8. The number of hydrogen-bond acceptors (Lipinski definition) is 6. The highest BCUT2D eigenvalue weighted by Gasteiger charge is 2.18. The van der Waals surface area contributed by atoms with Gasteiger partial charge in [0, 0.05) is 37.6 Å². The Balaban J connectivity index is 1.91. The molecule has 0 unspecified atom stereocenters. The summed E-state index contributed by atoms with van der Waals surface area (Å²) in [6.45, 7) is 0.149. The fourth-order valence-corrected chi connectivity index (χ4v) is 2.39. The summed E-state index contributed by atoms with van der Waals surface area (Å²) in [5.74, 6) is -1.35. The molecule has 0 spiro atoms. The minimum absolute atomic E-state index is 0.149. The van der Waals surface area contributed by atoms with Crippen molar-refractivity contribution in [1.82, 2.24) is 19.8 Å². The van der Waals surface area contributed by atoms with E-state index < -0.39 is 11.7 Å². The number of aromatic nitrogens is 2. The first kappa shape index (κ1) is 17.2. The van der Waals surface area contributed by atoms with Crippen LogP contribution in [0.25, 0.3) is 11.1 Å². The second kappa shape index (κ2) is 6.71. The third kappa shape index (κ3) is 3.27. The molecular weight excluding hydrogens is 338 g/mol. The zero-order valence-electron chi connectivity index (χ0n) is 14.2. The van der Waals surface area contributed by atoms with Gasteiger partial charge in [-0.2, -0.15) is 0 Å². The number of rotatable bonds is 3. The number of oxazole rings is 1. The van der Waals surface area contributed by atoms with Gasteiger partial charge in [-0.3, -0.25) is 9.78 Å². The lowest BCUT2D eigenvalue weighted by Crippen LogP contribution is -2.34. The molecular formula is C17H17N5O4. The van der Waals surface area contributed by atoms with Crippen LogP contribution in [0.3, 0.4) is 0 Å². The van der Waals surface area contributed by atoms with E-state index in [1.807, 2.05) is 0 Å². The maximum Gasteiger partial charge on any atom is 0.427 e. The Bertz CT molecular complexity index is 1050. The van der Waals surface area contributed by atoms with Crippen LogP contribution in [0, 0.1) is 0 Å². The minimum atomic E-state index is -0.796. The molecule has 0 aliphatic rings. The van der Waals surface area contributed by atoms with Crippen LogP contribution in [0.15, 0.2) is 45.7 Å². The van der Waals surface area contributed by atoms with Gasteiger partial charge in [0.2, 0.25) is 0 Å². The van der Waals surface area contributed by atoms with Gasteiger partial charge in [0.15, 0.2) is 5.58 Å². The van der Waals surface area contributed by atoms with Crippen LogP contribution in [0.1, 0.15) is 16.1 Å². The predicted molar refractivity (Wildman–Crippen MR) is 94.8 cm³/mol. The summed E-state index contributed by atoms with van der Waals surface area (Å²) in [5, 5.41) is 2.66. The second-order valence-electron chi connectivity index (χ2n) is 5.82. The first-order valence-corrected chi connectivity index (χ1v) is 7.72. The molecule has 26 heavy (non-hydrogen) atoms. The number of nitrogen functional groups attached to an aromatic ring is 1. The molecule has 3 N–H and O–H groups in total. The van der Waals surface area contributed by atoms with Crippen LogP contribution >= 0.6 is 0 Å². The predicted octanol–water partition coefficient (Wildman–Crippen LogP) is 1.03. The highest BCUT2D eigenvalue weighted by atomic mass is 16.4. The molecule has 134 valence electrons. The SMILES string of the molecule is CN(C)C(=O)NCc1cc(C(=O)n2c(=O)oc3cc(N)ccc32)ccn1. The number of pyridine rings is 1. The highest BCUT2D eigenvalue weighted by Crippen LogP contribution is 2.17. The van der Waals surface area contributed by atoms with E-state index >= 15 is 0 Å². The number of hydrogen-bond donors (Lipinski definition) is 2. The lowest BCUT2D eigenvalue weighted by molar-refractivity contribution is 0.0956. The van der Waals surface area contributed by atoms with Crippen molar-refractivity contribution < 1.29 is 14.0 Å². The number of amides is 2. The number of carbonyl (C=O) groups excluding carboxylic acids is 2. The molecule has 2 aromatic heterocycles. The van der Waals surface area contributed by atoms with Gasteiger partial charge in [-0.25, -0.2) is 14.2 Å². The summed E-state index contributed by atoms with van der Waals surface area (Å²) < 4.78 is 6.02. The average molecular weight is 355 g/mol. The van der Waals surface area contributed by atoms with Crippen molar-refractivity contribution in [3.63, 3.8) is 0 Å². The molecule has 0 atom stereocenters.